The van der Waals surface area contributed by atoms with Crippen LogP contribution in [-0.4, -0.2) is 79.5 Å². The van der Waals surface area contributed by atoms with E-state index in [1.54, 1.807) is 31.3 Å². The van der Waals surface area contributed by atoms with Gasteiger partial charge in [0.05, 0.1) is 20.5 Å². The predicted octanol–water partition coefficient (Wildman–Crippen LogP) is 2.64. The van der Waals surface area contributed by atoms with E-state index in [1.807, 2.05) is 23.1 Å². The summed E-state index contributed by atoms with van der Waals surface area (Å²) in [7, 11) is 3.26. The number of piperidine rings is 1. The molecular weight excluding hydrogens is 410 g/mol. The van der Waals surface area contributed by atoms with E-state index in [2.05, 4.69) is 4.90 Å². The number of amides is 2. The number of hydrogen-bond acceptors (Lipinski definition) is 6. The molecule has 1 unspecified atom stereocenters. The van der Waals surface area contributed by atoms with Gasteiger partial charge in [-0.1, -0.05) is 6.07 Å². The van der Waals surface area contributed by atoms with Crippen molar-refractivity contribution in [3.05, 3.63) is 47.9 Å². The summed E-state index contributed by atoms with van der Waals surface area (Å²) in [6.07, 6.45) is 4.07. The van der Waals surface area contributed by atoms with Gasteiger partial charge in [-0.15, -0.1) is 0 Å². The number of methoxy groups -OCH3 is 2. The fourth-order valence-electron chi connectivity index (χ4n) is 4.55. The first kappa shape index (κ1) is 22.2. The topological polar surface area (TPSA) is 75.5 Å². The Balaban J connectivity index is 1.35. The molecular formula is C24H31N3O5. The predicted molar refractivity (Wildman–Crippen MR) is 119 cm³/mol. The molecule has 2 saturated heterocycles. The van der Waals surface area contributed by atoms with Crippen LogP contribution in [0.4, 0.5) is 0 Å². The van der Waals surface area contributed by atoms with Crippen molar-refractivity contribution in [2.75, 3.05) is 46.9 Å². The van der Waals surface area contributed by atoms with Crippen LogP contribution in [0, 0.1) is 0 Å². The van der Waals surface area contributed by atoms with Gasteiger partial charge < -0.3 is 23.7 Å². The van der Waals surface area contributed by atoms with Gasteiger partial charge in [-0.3, -0.25) is 14.5 Å². The summed E-state index contributed by atoms with van der Waals surface area (Å²) in [4.78, 5) is 32.1. The Bertz CT molecular complexity index is 922. The second-order valence-corrected chi connectivity index (χ2v) is 8.28. The summed E-state index contributed by atoms with van der Waals surface area (Å²) >= 11 is 0. The summed E-state index contributed by atoms with van der Waals surface area (Å²) in [5.74, 6) is 1.59. The Morgan fingerprint density at radius 1 is 1.00 bits per heavy atom. The van der Waals surface area contributed by atoms with Gasteiger partial charge in [0.25, 0.3) is 5.91 Å². The SMILES string of the molecule is COc1ccc(CN2CCN(C(=O)C3CCCCN3C(=O)c3ccco3)CC2)cc1OC. The Morgan fingerprint density at radius 3 is 2.47 bits per heavy atom. The minimum Gasteiger partial charge on any atom is -0.493 e. The number of ether oxygens (including phenoxy) is 2. The lowest BCUT2D eigenvalue weighted by Gasteiger charge is -2.40. The van der Waals surface area contributed by atoms with E-state index in [0.717, 1.165) is 43.8 Å². The Hall–Kier alpha value is -3.00. The molecule has 2 fully saturated rings. The lowest BCUT2D eigenvalue weighted by molar-refractivity contribution is -0.139. The molecule has 1 atom stereocenters. The van der Waals surface area contributed by atoms with Gasteiger partial charge in [-0.2, -0.15) is 0 Å². The van der Waals surface area contributed by atoms with Crippen molar-refractivity contribution < 1.29 is 23.5 Å². The third-order valence-electron chi connectivity index (χ3n) is 6.32. The van der Waals surface area contributed by atoms with Crippen LogP contribution in [0.2, 0.25) is 0 Å². The number of carbonyl (C=O) groups is 2. The molecule has 2 aromatic rings. The maximum Gasteiger partial charge on any atom is 0.290 e. The first-order valence-corrected chi connectivity index (χ1v) is 11.2. The molecule has 3 heterocycles. The van der Waals surface area contributed by atoms with E-state index in [9.17, 15) is 9.59 Å². The van der Waals surface area contributed by atoms with Crippen LogP contribution in [0.3, 0.4) is 0 Å². The number of benzene rings is 1. The monoisotopic (exact) mass is 441 g/mol. The van der Waals surface area contributed by atoms with Crippen molar-refractivity contribution in [1.29, 1.82) is 0 Å². The number of furan rings is 1. The molecule has 4 rings (SSSR count). The van der Waals surface area contributed by atoms with Crippen LogP contribution in [0.25, 0.3) is 0 Å². The van der Waals surface area contributed by atoms with Crippen molar-refractivity contribution in [3.8, 4) is 11.5 Å². The molecule has 2 amide bonds. The first-order chi connectivity index (χ1) is 15.6. The van der Waals surface area contributed by atoms with E-state index in [1.165, 1.54) is 6.26 Å². The smallest absolute Gasteiger partial charge is 0.290 e. The van der Waals surface area contributed by atoms with E-state index < -0.39 is 6.04 Å². The highest BCUT2D eigenvalue weighted by molar-refractivity contribution is 5.95. The number of rotatable bonds is 6. The lowest BCUT2D eigenvalue weighted by Crippen LogP contribution is -2.57. The highest BCUT2D eigenvalue weighted by Crippen LogP contribution is 2.28. The molecule has 1 aromatic carbocycles. The molecule has 0 bridgehead atoms. The summed E-state index contributed by atoms with van der Waals surface area (Å²) in [5, 5.41) is 0. The Morgan fingerprint density at radius 2 is 1.78 bits per heavy atom. The van der Waals surface area contributed by atoms with Crippen molar-refractivity contribution >= 4 is 11.8 Å². The molecule has 2 aliphatic heterocycles. The maximum absolute atomic E-state index is 13.3. The average molecular weight is 442 g/mol. The normalized spacial score (nSPS) is 19.6. The molecule has 8 heteroatoms. The first-order valence-electron chi connectivity index (χ1n) is 11.2. The number of nitrogens with zero attached hydrogens (tertiary/aromatic N) is 3. The second-order valence-electron chi connectivity index (χ2n) is 8.28. The van der Waals surface area contributed by atoms with Crippen LogP contribution in [-0.2, 0) is 11.3 Å². The fourth-order valence-corrected chi connectivity index (χ4v) is 4.55. The van der Waals surface area contributed by atoms with Crippen LogP contribution < -0.4 is 9.47 Å². The van der Waals surface area contributed by atoms with Gasteiger partial charge in [0.2, 0.25) is 5.91 Å². The molecule has 172 valence electrons. The minimum atomic E-state index is -0.404. The van der Waals surface area contributed by atoms with Gasteiger partial charge in [0.1, 0.15) is 6.04 Å². The molecule has 8 nitrogen and oxygen atoms in total. The van der Waals surface area contributed by atoms with Crippen LogP contribution in [0.1, 0.15) is 35.4 Å². The molecule has 0 saturated carbocycles. The van der Waals surface area contributed by atoms with Gasteiger partial charge in [0, 0.05) is 39.3 Å². The zero-order valence-electron chi connectivity index (χ0n) is 18.8. The van der Waals surface area contributed by atoms with Crippen molar-refractivity contribution in [2.45, 2.75) is 31.8 Å². The number of carbonyl (C=O) groups excluding carboxylic acids is 2. The average Bonchev–Trinajstić information content (AvgIpc) is 3.38. The summed E-state index contributed by atoms with van der Waals surface area (Å²) in [6.45, 7) is 4.28. The van der Waals surface area contributed by atoms with Crippen molar-refractivity contribution in [3.63, 3.8) is 0 Å². The molecule has 2 aliphatic rings. The Kier molecular flexibility index (Phi) is 6.99. The molecule has 0 spiro atoms. The van der Waals surface area contributed by atoms with Gasteiger partial charge in [-0.05, 0) is 49.1 Å². The van der Waals surface area contributed by atoms with E-state index in [4.69, 9.17) is 13.9 Å². The third kappa shape index (κ3) is 4.75. The van der Waals surface area contributed by atoms with Crippen LogP contribution in [0.5, 0.6) is 11.5 Å². The molecule has 1 aromatic heterocycles. The third-order valence-corrected chi connectivity index (χ3v) is 6.32. The van der Waals surface area contributed by atoms with E-state index in [0.29, 0.717) is 37.6 Å². The lowest BCUT2D eigenvalue weighted by atomic mass is 10.00. The summed E-state index contributed by atoms with van der Waals surface area (Å²) in [5.41, 5.74) is 1.14. The number of piperazine rings is 1. The largest absolute Gasteiger partial charge is 0.493 e. The molecule has 0 N–H and O–H groups in total. The minimum absolute atomic E-state index is 0.0513. The Labute approximate surface area is 188 Å². The van der Waals surface area contributed by atoms with Crippen LogP contribution in [0.15, 0.2) is 41.0 Å². The highest BCUT2D eigenvalue weighted by Gasteiger charge is 2.36. The zero-order valence-corrected chi connectivity index (χ0v) is 18.8. The second kappa shape index (κ2) is 10.1. The maximum atomic E-state index is 13.3. The summed E-state index contributed by atoms with van der Waals surface area (Å²) in [6, 6.07) is 8.91. The van der Waals surface area contributed by atoms with Crippen molar-refractivity contribution in [1.82, 2.24) is 14.7 Å². The van der Waals surface area contributed by atoms with Gasteiger partial charge in [-0.25, -0.2) is 0 Å². The van der Waals surface area contributed by atoms with E-state index >= 15 is 0 Å². The van der Waals surface area contributed by atoms with Crippen molar-refractivity contribution in [2.24, 2.45) is 0 Å². The quantitative estimate of drug-likeness (QED) is 0.686. The summed E-state index contributed by atoms with van der Waals surface area (Å²) < 4.78 is 16.0. The van der Waals surface area contributed by atoms with Crippen LogP contribution >= 0.6 is 0 Å². The standard InChI is InChI=1S/C24H31N3O5/c1-30-20-9-8-18(16-22(20)31-2)17-25-11-13-26(14-12-25)23(28)19-6-3-4-10-27(19)24(29)21-7-5-15-32-21/h5,7-9,15-16,19H,3-4,6,10-14,17H2,1-2H3. The zero-order chi connectivity index (χ0) is 22.5. The van der Waals surface area contributed by atoms with E-state index in [-0.39, 0.29) is 11.8 Å². The number of hydrogen-bond donors (Lipinski definition) is 0. The molecule has 0 aliphatic carbocycles. The van der Waals surface area contributed by atoms with Gasteiger partial charge in [0.15, 0.2) is 17.3 Å². The highest BCUT2D eigenvalue weighted by atomic mass is 16.5. The number of likely N-dealkylation sites (tertiary alicyclic amines) is 1. The molecule has 32 heavy (non-hydrogen) atoms. The fraction of sp³-hybridized carbons (Fsp3) is 0.500. The van der Waals surface area contributed by atoms with Gasteiger partial charge >= 0.3 is 0 Å². The molecule has 0 radical (unpaired) electrons.